The van der Waals surface area contributed by atoms with Gasteiger partial charge in [0.25, 0.3) is 0 Å². The number of hydrogen-bond donors (Lipinski definition) is 3. The molecule has 3 aromatic rings. The van der Waals surface area contributed by atoms with Crippen LogP contribution in [0.4, 0.5) is 29.2 Å². The van der Waals surface area contributed by atoms with Gasteiger partial charge < -0.3 is 15.5 Å². The maximum Gasteiger partial charge on any atom is 0.420 e. The first-order chi connectivity index (χ1) is 17.7. The number of halogens is 4. The lowest BCUT2D eigenvalue weighted by molar-refractivity contribution is -0.137. The van der Waals surface area contributed by atoms with E-state index in [4.69, 9.17) is 11.5 Å². The maximum absolute atomic E-state index is 14.8. The summed E-state index contributed by atoms with van der Waals surface area (Å²) in [6, 6.07) is 4.09. The minimum absolute atomic E-state index is 0.00207. The van der Waals surface area contributed by atoms with Crippen molar-refractivity contribution in [3.8, 4) is 23.7 Å². The molecule has 2 aromatic heterocycles. The summed E-state index contributed by atoms with van der Waals surface area (Å²) < 4.78 is 83.3. The molecule has 10 nitrogen and oxygen atoms in total. The molecule has 0 atom stereocenters. The topological polar surface area (TPSA) is 133 Å². The zero-order valence-corrected chi connectivity index (χ0v) is 21.1. The van der Waals surface area contributed by atoms with Crippen LogP contribution in [0.1, 0.15) is 19.4 Å². The fraction of sp³-hybridized carbons (Fsp3) is 0.348. The number of anilines is 2. The van der Waals surface area contributed by atoms with Gasteiger partial charge in [0.15, 0.2) is 0 Å². The number of alkyl halides is 3. The number of rotatable bonds is 10. The fourth-order valence-electron chi connectivity index (χ4n) is 3.34. The summed E-state index contributed by atoms with van der Waals surface area (Å²) in [5.74, 6) is 0.679. The molecule has 3 N–H and O–H groups in total. The highest BCUT2D eigenvalue weighted by Gasteiger charge is 2.36. The lowest BCUT2D eigenvalue weighted by Crippen LogP contribution is -2.34. The summed E-state index contributed by atoms with van der Waals surface area (Å²) in [6.45, 7) is 1.86. The molecule has 204 valence electrons. The highest BCUT2D eigenvalue weighted by molar-refractivity contribution is 7.89. The molecule has 0 unspecified atom stereocenters. The van der Waals surface area contributed by atoms with Gasteiger partial charge in [-0.05, 0) is 38.1 Å². The van der Waals surface area contributed by atoms with E-state index in [2.05, 4.69) is 26.3 Å². The van der Waals surface area contributed by atoms with E-state index < -0.39 is 56.3 Å². The van der Waals surface area contributed by atoms with Crippen molar-refractivity contribution in [2.45, 2.75) is 37.1 Å². The Kier molecular flexibility index (Phi) is 8.42. The monoisotopic (exact) mass is 556 g/mol. The third-order valence-electron chi connectivity index (χ3n) is 4.97. The number of hydrogen-bond acceptors (Lipinski definition) is 8. The van der Waals surface area contributed by atoms with Gasteiger partial charge in [-0.1, -0.05) is 5.92 Å². The van der Waals surface area contributed by atoms with Crippen molar-refractivity contribution in [1.29, 1.82) is 0 Å². The minimum atomic E-state index is -4.83. The zero-order chi connectivity index (χ0) is 28.3. The Morgan fingerprint density at radius 1 is 1.24 bits per heavy atom. The molecule has 15 heteroatoms. The largest absolute Gasteiger partial charge is 0.420 e. The first-order valence-corrected chi connectivity index (χ1v) is 12.4. The molecule has 2 heterocycles. The van der Waals surface area contributed by atoms with Crippen LogP contribution in [-0.4, -0.2) is 68.0 Å². The Balaban J connectivity index is 1.96. The second kappa shape index (κ2) is 11.0. The minimum Gasteiger partial charge on any atom is -0.395 e. The highest BCUT2D eigenvalue weighted by Crippen LogP contribution is 2.36. The van der Waals surface area contributed by atoms with Crippen LogP contribution in [-0.2, 0) is 22.7 Å². The summed E-state index contributed by atoms with van der Waals surface area (Å²) in [6.07, 6.45) is 2.24. The molecule has 0 aliphatic rings. The van der Waals surface area contributed by atoms with Gasteiger partial charge in [-0.3, -0.25) is 4.68 Å². The van der Waals surface area contributed by atoms with Crippen molar-refractivity contribution in [3.63, 3.8) is 0 Å². The van der Waals surface area contributed by atoms with Crippen LogP contribution in [0.3, 0.4) is 0 Å². The third kappa shape index (κ3) is 6.84. The predicted octanol–water partition coefficient (Wildman–Crippen LogP) is 2.63. The summed E-state index contributed by atoms with van der Waals surface area (Å²) in [5.41, 5.74) is -3.42. The number of aliphatic hydroxyl groups is 2. The summed E-state index contributed by atoms with van der Waals surface area (Å²) in [5, 5.41) is 25.5. The van der Waals surface area contributed by atoms with E-state index in [1.165, 1.54) is 30.8 Å². The van der Waals surface area contributed by atoms with Crippen LogP contribution in [0.15, 0.2) is 41.6 Å². The van der Waals surface area contributed by atoms with Crippen LogP contribution in [0.2, 0.25) is 0 Å². The standard InChI is InChI=1S/C23H24F4N6O4S/c1-4-8-33(10-11-34)38(36,37)15-5-6-18(17(24)12-15)29-21-28-13-16(23(25,26)27)20(30-21)19-7-9-32(31-19)14-22(2,3)35/h1,5-7,9,12-13,34-35H,8,10-11,14H2,2-3H3,(H,28,29,30). The maximum atomic E-state index is 14.8. The van der Waals surface area contributed by atoms with E-state index >= 15 is 0 Å². The SMILES string of the molecule is C#CCN(CCO)S(=O)(=O)c1ccc(Nc2ncc(C(F)(F)F)c(-c3ccn(CC(C)(C)O)n3)n2)c(F)c1. The smallest absolute Gasteiger partial charge is 0.395 e. The molecular formula is C23H24F4N6O4S. The van der Waals surface area contributed by atoms with Gasteiger partial charge in [0.05, 0.1) is 35.9 Å². The van der Waals surface area contributed by atoms with Crippen molar-refractivity contribution in [2.75, 3.05) is 25.0 Å². The lowest BCUT2D eigenvalue weighted by Gasteiger charge is -2.19. The van der Waals surface area contributed by atoms with Crippen LogP contribution in [0.25, 0.3) is 11.4 Å². The van der Waals surface area contributed by atoms with Crippen molar-refractivity contribution in [1.82, 2.24) is 24.1 Å². The van der Waals surface area contributed by atoms with E-state index in [1.807, 2.05) is 0 Å². The lowest BCUT2D eigenvalue weighted by atomic mass is 10.1. The summed E-state index contributed by atoms with van der Waals surface area (Å²) in [4.78, 5) is 7.05. The van der Waals surface area contributed by atoms with Crippen molar-refractivity contribution in [2.24, 2.45) is 0 Å². The molecule has 0 aliphatic carbocycles. The fourth-order valence-corrected chi connectivity index (χ4v) is 4.70. The Labute approximate surface area is 216 Å². The van der Waals surface area contributed by atoms with E-state index in [0.717, 1.165) is 16.4 Å². The molecule has 38 heavy (non-hydrogen) atoms. The van der Waals surface area contributed by atoms with Crippen LogP contribution >= 0.6 is 0 Å². The Hall–Kier alpha value is -3.58. The third-order valence-corrected chi connectivity index (χ3v) is 6.81. The average Bonchev–Trinajstić information content (AvgIpc) is 3.26. The molecule has 3 rings (SSSR count). The normalized spacial score (nSPS) is 12.5. The van der Waals surface area contributed by atoms with Crippen LogP contribution < -0.4 is 5.32 Å². The first-order valence-electron chi connectivity index (χ1n) is 11.0. The molecule has 0 fully saturated rings. The quantitative estimate of drug-likeness (QED) is 0.257. The average molecular weight is 557 g/mol. The van der Waals surface area contributed by atoms with Gasteiger partial charge in [-0.25, -0.2) is 22.8 Å². The Bertz CT molecular complexity index is 1450. The zero-order valence-electron chi connectivity index (χ0n) is 20.2. The van der Waals surface area contributed by atoms with Crippen LogP contribution in [0, 0.1) is 18.2 Å². The highest BCUT2D eigenvalue weighted by atomic mass is 32.2. The van der Waals surface area contributed by atoms with E-state index in [0.29, 0.717) is 12.3 Å². The molecule has 0 bridgehead atoms. The Morgan fingerprint density at radius 2 is 1.95 bits per heavy atom. The number of nitrogens with one attached hydrogen (secondary N) is 1. The van der Waals surface area contributed by atoms with E-state index in [9.17, 15) is 31.1 Å². The van der Waals surface area contributed by atoms with E-state index in [-0.39, 0.29) is 31.0 Å². The second-order valence-electron chi connectivity index (χ2n) is 8.70. The molecule has 0 saturated carbocycles. The summed E-state index contributed by atoms with van der Waals surface area (Å²) in [7, 11) is -4.23. The number of benzene rings is 1. The Morgan fingerprint density at radius 3 is 2.53 bits per heavy atom. The van der Waals surface area contributed by atoms with Crippen molar-refractivity contribution < 1.29 is 36.2 Å². The number of nitrogens with zero attached hydrogens (tertiary/aromatic N) is 5. The van der Waals surface area contributed by atoms with Gasteiger partial charge >= 0.3 is 6.18 Å². The molecule has 0 saturated heterocycles. The number of sulfonamides is 1. The van der Waals surface area contributed by atoms with Gasteiger partial charge in [-0.15, -0.1) is 6.42 Å². The van der Waals surface area contributed by atoms with Crippen molar-refractivity contribution in [3.05, 3.63) is 48.0 Å². The number of aliphatic hydroxyl groups excluding tert-OH is 1. The number of terminal acetylenes is 1. The molecule has 0 radical (unpaired) electrons. The van der Waals surface area contributed by atoms with E-state index in [1.54, 1.807) is 0 Å². The predicted molar refractivity (Wildman–Crippen MR) is 129 cm³/mol. The van der Waals surface area contributed by atoms with Crippen molar-refractivity contribution >= 4 is 21.7 Å². The van der Waals surface area contributed by atoms with Crippen LogP contribution in [0.5, 0.6) is 0 Å². The summed E-state index contributed by atoms with van der Waals surface area (Å²) >= 11 is 0. The molecular weight excluding hydrogens is 532 g/mol. The first kappa shape index (κ1) is 29.0. The molecule has 0 amide bonds. The van der Waals surface area contributed by atoms with Gasteiger partial charge in [0, 0.05) is 18.9 Å². The van der Waals surface area contributed by atoms with Gasteiger partial charge in [0.1, 0.15) is 22.8 Å². The molecule has 0 aliphatic heterocycles. The number of aromatic nitrogens is 4. The van der Waals surface area contributed by atoms with Gasteiger partial charge in [-0.2, -0.15) is 22.6 Å². The van der Waals surface area contributed by atoms with Gasteiger partial charge in [0.2, 0.25) is 16.0 Å². The molecule has 0 spiro atoms. The second-order valence-corrected chi connectivity index (χ2v) is 10.6. The molecule has 1 aromatic carbocycles.